The van der Waals surface area contributed by atoms with Crippen molar-refractivity contribution >= 4 is 17.4 Å². The summed E-state index contributed by atoms with van der Waals surface area (Å²) in [5.74, 6) is 2.00. The first-order valence-corrected chi connectivity index (χ1v) is 8.48. The van der Waals surface area contributed by atoms with Crippen molar-refractivity contribution in [3.8, 4) is 0 Å². The Hall–Kier alpha value is -0.670. The summed E-state index contributed by atoms with van der Waals surface area (Å²) in [4.78, 5) is 3.88. The molecule has 1 aromatic rings. The molecule has 19 heavy (non-hydrogen) atoms. The quantitative estimate of drug-likeness (QED) is 0.767. The van der Waals surface area contributed by atoms with Crippen LogP contribution in [0.2, 0.25) is 0 Å². The maximum Gasteiger partial charge on any atom is 0.0423 e. The molecule has 1 aliphatic rings. The number of hydrogen-bond acceptors (Lipinski definition) is 3. The van der Waals surface area contributed by atoms with Gasteiger partial charge in [-0.25, -0.2) is 0 Å². The Bertz CT molecular complexity index is 402. The molecule has 0 unspecified atom stereocenters. The number of benzene rings is 1. The smallest absolute Gasteiger partial charge is 0.0423 e. The summed E-state index contributed by atoms with van der Waals surface area (Å²) in [6.07, 6.45) is 4.22. The van der Waals surface area contributed by atoms with Gasteiger partial charge in [-0.15, -0.1) is 11.8 Å². The number of nitrogens with two attached hydrogens (primary N) is 1. The molecule has 106 valence electrons. The van der Waals surface area contributed by atoms with Crippen LogP contribution in [0.5, 0.6) is 0 Å². The average Bonchev–Trinajstić information content (AvgIpc) is 2.38. The summed E-state index contributed by atoms with van der Waals surface area (Å²) in [7, 11) is 0. The molecule has 2 rings (SSSR count). The molecule has 0 radical (unpaired) electrons. The molecule has 2 N–H and O–H groups in total. The summed E-state index contributed by atoms with van der Waals surface area (Å²) < 4.78 is 0. The van der Waals surface area contributed by atoms with E-state index in [2.05, 4.69) is 36.9 Å². The van der Waals surface area contributed by atoms with Gasteiger partial charge >= 0.3 is 0 Å². The first-order chi connectivity index (χ1) is 9.30. The van der Waals surface area contributed by atoms with Gasteiger partial charge in [0.05, 0.1) is 0 Å². The third-order valence-corrected chi connectivity index (χ3v) is 5.02. The number of thioether (sulfide) groups is 1. The second kappa shape index (κ2) is 7.20. The monoisotopic (exact) mass is 278 g/mol. The third-order valence-electron chi connectivity index (χ3n) is 4.04. The Kier molecular flexibility index (Phi) is 5.59. The molecule has 0 aliphatic heterocycles. The van der Waals surface area contributed by atoms with E-state index in [0.717, 1.165) is 18.2 Å². The Morgan fingerprint density at radius 2 is 2.11 bits per heavy atom. The van der Waals surface area contributed by atoms with Crippen LogP contribution >= 0.6 is 11.8 Å². The topological polar surface area (TPSA) is 29.3 Å². The van der Waals surface area contributed by atoms with E-state index in [1.165, 1.54) is 42.0 Å². The molecule has 0 aromatic heterocycles. The van der Waals surface area contributed by atoms with Gasteiger partial charge in [0.25, 0.3) is 0 Å². The fourth-order valence-corrected chi connectivity index (χ4v) is 3.58. The molecule has 1 fully saturated rings. The highest BCUT2D eigenvalue weighted by molar-refractivity contribution is 7.99. The number of hydrogen-bond donors (Lipinski definition) is 1. The van der Waals surface area contributed by atoms with Gasteiger partial charge in [-0.05, 0) is 43.6 Å². The third kappa shape index (κ3) is 3.46. The van der Waals surface area contributed by atoms with Crippen LogP contribution < -0.4 is 10.6 Å². The first kappa shape index (κ1) is 14.7. The van der Waals surface area contributed by atoms with Crippen LogP contribution in [0.15, 0.2) is 23.1 Å². The van der Waals surface area contributed by atoms with Crippen molar-refractivity contribution in [2.75, 3.05) is 23.7 Å². The lowest BCUT2D eigenvalue weighted by atomic mass is 9.85. The molecule has 0 saturated heterocycles. The predicted molar refractivity (Wildman–Crippen MR) is 86.0 cm³/mol. The van der Waals surface area contributed by atoms with Crippen LogP contribution in [0, 0.1) is 5.92 Å². The molecule has 0 bridgehead atoms. The van der Waals surface area contributed by atoms with Crippen LogP contribution in [-0.2, 0) is 6.54 Å². The highest BCUT2D eigenvalue weighted by Crippen LogP contribution is 2.33. The minimum absolute atomic E-state index is 0.639. The van der Waals surface area contributed by atoms with Gasteiger partial charge in [0.15, 0.2) is 0 Å². The number of anilines is 1. The Morgan fingerprint density at radius 1 is 1.32 bits per heavy atom. The molecule has 3 heteroatoms. The van der Waals surface area contributed by atoms with Crippen molar-refractivity contribution in [3.05, 3.63) is 23.8 Å². The Labute approximate surface area is 121 Å². The van der Waals surface area contributed by atoms with Crippen LogP contribution in [0.4, 0.5) is 5.69 Å². The van der Waals surface area contributed by atoms with Crippen LogP contribution in [-0.4, -0.2) is 18.8 Å². The minimum Gasteiger partial charge on any atom is -0.371 e. The average molecular weight is 278 g/mol. The van der Waals surface area contributed by atoms with Crippen molar-refractivity contribution < 1.29 is 0 Å². The largest absolute Gasteiger partial charge is 0.371 e. The Morgan fingerprint density at radius 3 is 2.63 bits per heavy atom. The van der Waals surface area contributed by atoms with E-state index in [9.17, 15) is 0 Å². The van der Waals surface area contributed by atoms with Gasteiger partial charge in [0, 0.05) is 35.8 Å². The van der Waals surface area contributed by atoms with Crippen molar-refractivity contribution in [2.45, 2.75) is 44.6 Å². The summed E-state index contributed by atoms with van der Waals surface area (Å²) >= 11 is 1.90. The Balaban J connectivity index is 2.21. The fourth-order valence-electron chi connectivity index (χ4n) is 2.73. The van der Waals surface area contributed by atoms with Gasteiger partial charge in [-0.2, -0.15) is 0 Å². The first-order valence-electron chi connectivity index (χ1n) is 7.49. The zero-order valence-electron chi connectivity index (χ0n) is 12.2. The molecule has 1 aromatic carbocycles. The summed E-state index contributed by atoms with van der Waals surface area (Å²) in [5, 5.41) is 0. The van der Waals surface area contributed by atoms with E-state index >= 15 is 0 Å². The van der Waals surface area contributed by atoms with Crippen LogP contribution in [0.3, 0.4) is 0 Å². The highest BCUT2D eigenvalue weighted by atomic mass is 32.2. The maximum atomic E-state index is 6.01. The molecular weight excluding hydrogens is 252 g/mol. The number of rotatable bonds is 7. The van der Waals surface area contributed by atoms with E-state index in [-0.39, 0.29) is 0 Å². The molecule has 0 atom stereocenters. The van der Waals surface area contributed by atoms with E-state index in [4.69, 9.17) is 5.73 Å². The van der Waals surface area contributed by atoms with E-state index < -0.39 is 0 Å². The predicted octanol–water partition coefficient (Wildman–Crippen LogP) is 3.88. The fraction of sp³-hybridized carbons (Fsp3) is 0.625. The van der Waals surface area contributed by atoms with E-state index in [1.54, 1.807) is 0 Å². The van der Waals surface area contributed by atoms with Gasteiger partial charge < -0.3 is 10.6 Å². The molecule has 1 aliphatic carbocycles. The van der Waals surface area contributed by atoms with E-state index in [0.29, 0.717) is 6.54 Å². The van der Waals surface area contributed by atoms with Crippen molar-refractivity contribution in [1.82, 2.24) is 0 Å². The summed E-state index contributed by atoms with van der Waals surface area (Å²) in [6.45, 7) is 7.36. The van der Waals surface area contributed by atoms with Gasteiger partial charge in [-0.1, -0.05) is 19.4 Å². The molecule has 2 nitrogen and oxygen atoms in total. The maximum absolute atomic E-state index is 6.01. The molecule has 0 amide bonds. The summed E-state index contributed by atoms with van der Waals surface area (Å²) in [5.41, 5.74) is 8.70. The summed E-state index contributed by atoms with van der Waals surface area (Å²) in [6, 6.07) is 6.62. The lowest BCUT2D eigenvalue weighted by molar-refractivity contribution is 0.318. The lowest BCUT2D eigenvalue weighted by Crippen LogP contribution is -2.33. The molecule has 0 heterocycles. The SMILES string of the molecule is CCSc1cccc(N(CC)CC2CCC2)c1CN. The molecular formula is C16H26N2S. The molecule has 1 saturated carbocycles. The van der Waals surface area contributed by atoms with Crippen molar-refractivity contribution in [1.29, 1.82) is 0 Å². The van der Waals surface area contributed by atoms with Crippen molar-refractivity contribution in [2.24, 2.45) is 11.7 Å². The van der Waals surface area contributed by atoms with Crippen LogP contribution in [0.1, 0.15) is 38.7 Å². The molecule has 0 spiro atoms. The second-order valence-electron chi connectivity index (χ2n) is 5.23. The normalized spacial score (nSPS) is 15.3. The minimum atomic E-state index is 0.639. The van der Waals surface area contributed by atoms with Gasteiger partial charge in [0.2, 0.25) is 0 Å². The van der Waals surface area contributed by atoms with Crippen molar-refractivity contribution in [3.63, 3.8) is 0 Å². The lowest BCUT2D eigenvalue weighted by Gasteiger charge is -2.34. The van der Waals surface area contributed by atoms with Gasteiger partial charge in [0.1, 0.15) is 0 Å². The zero-order chi connectivity index (χ0) is 13.7. The van der Waals surface area contributed by atoms with Crippen LogP contribution in [0.25, 0.3) is 0 Å². The highest BCUT2D eigenvalue weighted by Gasteiger charge is 2.21. The zero-order valence-corrected chi connectivity index (χ0v) is 13.0. The van der Waals surface area contributed by atoms with E-state index in [1.807, 2.05) is 11.8 Å². The van der Waals surface area contributed by atoms with Gasteiger partial charge in [-0.3, -0.25) is 0 Å². The standard InChI is InChI=1S/C16H26N2S/c1-3-18(12-13-7-5-8-13)15-9-6-10-16(19-4-2)14(15)11-17/h6,9-10,13H,3-5,7-8,11-12,17H2,1-2H3. The number of nitrogens with zero attached hydrogens (tertiary/aromatic N) is 1. The second-order valence-corrected chi connectivity index (χ2v) is 6.53.